The molecule has 7 heteroatoms. The topological polar surface area (TPSA) is 60.6 Å². The van der Waals surface area contributed by atoms with Gasteiger partial charge in [0.25, 0.3) is 0 Å². The number of H-pyrrole nitrogens is 1. The summed E-state index contributed by atoms with van der Waals surface area (Å²) in [4.78, 5) is 6.76. The lowest BCUT2D eigenvalue weighted by atomic mass is 10.1. The third-order valence-corrected chi connectivity index (χ3v) is 4.12. The Morgan fingerprint density at radius 3 is 2.86 bits per heavy atom. The van der Waals surface area contributed by atoms with Crippen molar-refractivity contribution in [2.45, 2.75) is 13.0 Å². The van der Waals surface area contributed by atoms with Gasteiger partial charge in [0, 0.05) is 10.0 Å². The van der Waals surface area contributed by atoms with E-state index in [9.17, 15) is 9.50 Å². The van der Waals surface area contributed by atoms with Crippen molar-refractivity contribution in [3.63, 3.8) is 0 Å². The number of aromatic amines is 1. The largest absolute Gasteiger partial charge is 0.352 e. The van der Waals surface area contributed by atoms with Gasteiger partial charge in [-0.1, -0.05) is 27.5 Å². The molecule has 0 amide bonds. The molecule has 0 saturated carbocycles. The second-order valence-electron chi connectivity index (χ2n) is 4.84. The van der Waals surface area contributed by atoms with Crippen LogP contribution in [0.3, 0.4) is 0 Å². The van der Waals surface area contributed by atoms with E-state index in [0.717, 1.165) is 4.47 Å². The van der Waals surface area contributed by atoms with E-state index in [0.29, 0.717) is 21.8 Å². The maximum absolute atomic E-state index is 14.7. The predicted octanol–water partition coefficient (Wildman–Crippen LogP) is 5.35. The molecule has 0 aliphatic carbocycles. The smallest absolute Gasteiger partial charge is 0.174 e. The molecule has 1 heterocycles. The van der Waals surface area contributed by atoms with Crippen molar-refractivity contribution in [3.8, 4) is 0 Å². The van der Waals surface area contributed by atoms with Crippen LogP contribution >= 0.6 is 27.5 Å². The van der Waals surface area contributed by atoms with E-state index >= 15 is 0 Å². The molecule has 3 aromatic rings. The van der Waals surface area contributed by atoms with Gasteiger partial charge in [0.05, 0.1) is 28.2 Å². The Kier molecular flexibility index (Phi) is 4.08. The average molecular weight is 384 g/mol. The molecule has 113 valence electrons. The van der Waals surface area contributed by atoms with Crippen LogP contribution in [0.4, 0.5) is 15.8 Å². The van der Waals surface area contributed by atoms with E-state index in [1.54, 1.807) is 24.3 Å². The van der Waals surface area contributed by atoms with Gasteiger partial charge in [0.2, 0.25) is 0 Å². The Labute approximate surface area is 139 Å². The number of anilines is 2. The van der Waals surface area contributed by atoms with Gasteiger partial charge in [-0.25, -0.2) is 14.5 Å². The van der Waals surface area contributed by atoms with E-state index < -0.39 is 11.9 Å². The summed E-state index contributed by atoms with van der Waals surface area (Å²) in [5.41, 5.74) is 1.60. The quantitative estimate of drug-likeness (QED) is 0.640. The minimum Gasteiger partial charge on any atom is -0.352 e. The number of hydrogen-bond donors (Lipinski definition) is 2. The van der Waals surface area contributed by atoms with Crippen LogP contribution in [-0.4, -0.2) is 9.97 Å². The van der Waals surface area contributed by atoms with Crippen molar-refractivity contribution in [1.82, 2.24) is 9.97 Å². The molecule has 1 unspecified atom stereocenters. The second-order valence-corrected chi connectivity index (χ2v) is 6.17. The SMILES string of the molecule is CC([O])c1cc2[nH]cnc2c(F)c1Nc1ccc(Br)cc1Cl. The molecule has 1 aromatic heterocycles. The van der Waals surface area contributed by atoms with Crippen molar-refractivity contribution in [1.29, 1.82) is 0 Å². The van der Waals surface area contributed by atoms with E-state index in [4.69, 9.17) is 11.6 Å². The van der Waals surface area contributed by atoms with Gasteiger partial charge < -0.3 is 10.3 Å². The number of aromatic nitrogens is 2. The third-order valence-electron chi connectivity index (χ3n) is 3.31. The van der Waals surface area contributed by atoms with Crippen LogP contribution in [-0.2, 0) is 5.11 Å². The summed E-state index contributed by atoms with van der Waals surface area (Å²) < 4.78 is 15.5. The predicted molar refractivity (Wildman–Crippen MR) is 87.6 cm³/mol. The second kappa shape index (κ2) is 5.87. The summed E-state index contributed by atoms with van der Waals surface area (Å²) in [5, 5.41) is 15.3. The van der Waals surface area contributed by atoms with Gasteiger partial charge in [-0.2, -0.15) is 0 Å². The van der Waals surface area contributed by atoms with Crippen LogP contribution in [0.2, 0.25) is 5.02 Å². The number of hydrogen-bond acceptors (Lipinski definition) is 2. The first-order valence-corrected chi connectivity index (χ1v) is 7.68. The fourth-order valence-corrected chi connectivity index (χ4v) is 2.96. The highest BCUT2D eigenvalue weighted by molar-refractivity contribution is 9.10. The average Bonchev–Trinajstić information content (AvgIpc) is 2.92. The van der Waals surface area contributed by atoms with E-state index in [2.05, 4.69) is 31.2 Å². The number of rotatable bonds is 3. The van der Waals surface area contributed by atoms with Crippen LogP contribution in [0, 0.1) is 5.82 Å². The van der Waals surface area contributed by atoms with Crippen molar-refractivity contribution in [3.05, 3.63) is 51.5 Å². The maximum Gasteiger partial charge on any atom is 0.174 e. The lowest BCUT2D eigenvalue weighted by molar-refractivity contribution is 0.107. The van der Waals surface area contributed by atoms with Crippen LogP contribution in [0.5, 0.6) is 0 Å². The van der Waals surface area contributed by atoms with E-state index in [1.165, 1.54) is 13.3 Å². The number of fused-ring (bicyclic) bond motifs is 1. The van der Waals surface area contributed by atoms with Gasteiger partial charge in [0.15, 0.2) is 5.82 Å². The Morgan fingerprint density at radius 1 is 1.41 bits per heavy atom. The van der Waals surface area contributed by atoms with E-state index in [1.807, 2.05) is 0 Å². The molecule has 0 aliphatic rings. The van der Waals surface area contributed by atoms with Crippen molar-refractivity contribution < 1.29 is 9.50 Å². The summed E-state index contributed by atoms with van der Waals surface area (Å²) in [7, 11) is 0. The molecule has 0 spiro atoms. The number of nitrogens with one attached hydrogen (secondary N) is 2. The van der Waals surface area contributed by atoms with Gasteiger partial charge in [-0.3, -0.25) is 0 Å². The first-order chi connectivity index (χ1) is 10.5. The molecule has 0 bridgehead atoms. The van der Waals surface area contributed by atoms with Gasteiger partial charge in [0.1, 0.15) is 11.6 Å². The standard InChI is InChI=1S/C15H11BrClFN3O/c1-7(22)9-5-12-15(20-6-19-12)13(18)14(9)21-11-3-2-8(16)4-10(11)17/h2-7,21H,1H3,(H,19,20). The normalized spacial score (nSPS) is 12.6. The molecule has 22 heavy (non-hydrogen) atoms. The lowest BCUT2D eigenvalue weighted by Crippen LogP contribution is -2.03. The van der Waals surface area contributed by atoms with Crippen LogP contribution in [0.25, 0.3) is 11.0 Å². The highest BCUT2D eigenvalue weighted by atomic mass is 79.9. The summed E-state index contributed by atoms with van der Waals surface area (Å²) >= 11 is 9.46. The molecule has 3 rings (SSSR count). The number of benzene rings is 2. The Balaban J connectivity index is 2.16. The van der Waals surface area contributed by atoms with E-state index in [-0.39, 0.29) is 11.2 Å². The summed E-state index contributed by atoms with van der Waals surface area (Å²) in [5.74, 6) is -0.574. The molecule has 0 saturated heterocycles. The first kappa shape index (κ1) is 15.3. The summed E-state index contributed by atoms with van der Waals surface area (Å²) in [6.07, 6.45) is 0.294. The van der Waals surface area contributed by atoms with Crippen molar-refractivity contribution in [2.24, 2.45) is 0 Å². The molecular weight excluding hydrogens is 373 g/mol. The zero-order chi connectivity index (χ0) is 15.9. The zero-order valence-corrected chi connectivity index (χ0v) is 13.8. The molecule has 2 N–H and O–H groups in total. The lowest BCUT2D eigenvalue weighted by Gasteiger charge is -2.15. The Hall–Kier alpha value is -1.63. The zero-order valence-electron chi connectivity index (χ0n) is 11.5. The maximum atomic E-state index is 14.7. The Bertz CT molecular complexity index is 850. The molecule has 2 aromatic carbocycles. The van der Waals surface area contributed by atoms with Gasteiger partial charge in [-0.05, 0) is 31.2 Å². The Morgan fingerprint density at radius 2 is 2.18 bits per heavy atom. The number of imidazole rings is 1. The fraction of sp³-hybridized carbons (Fsp3) is 0.133. The van der Waals surface area contributed by atoms with Gasteiger partial charge >= 0.3 is 0 Å². The number of halogens is 3. The highest BCUT2D eigenvalue weighted by Crippen LogP contribution is 2.36. The van der Waals surface area contributed by atoms with Crippen molar-refractivity contribution in [2.75, 3.05) is 5.32 Å². The van der Waals surface area contributed by atoms with Crippen LogP contribution < -0.4 is 5.32 Å². The highest BCUT2D eigenvalue weighted by Gasteiger charge is 2.19. The first-order valence-electron chi connectivity index (χ1n) is 6.50. The molecule has 0 fully saturated rings. The van der Waals surface area contributed by atoms with Crippen molar-refractivity contribution >= 4 is 49.9 Å². The third kappa shape index (κ3) is 2.69. The molecule has 4 nitrogen and oxygen atoms in total. The monoisotopic (exact) mass is 382 g/mol. The molecule has 1 radical (unpaired) electrons. The van der Waals surface area contributed by atoms with Crippen LogP contribution in [0.1, 0.15) is 18.6 Å². The molecule has 1 atom stereocenters. The van der Waals surface area contributed by atoms with Crippen LogP contribution in [0.15, 0.2) is 35.1 Å². The minimum atomic E-state index is -1.10. The minimum absolute atomic E-state index is 0.103. The summed E-state index contributed by atoms with van der Waals surface area (Å²) in [6, 6.07) is 6.78. The fourth-order valence-electron chi connectivity index (χ4n) is 2.24. The molecular formula is C15H11BrClFN3O. The van der Waals surface area contributed by atoms with Gasteiger partial charge in [-0.15, -0.1) is 0 Å². The number of nitrogens with zero attached hydrogens (tertiary/aromatic N) is 1. The summed E-state index contributed by atoms with van der Waals surface area (Å²) in [6.45, 7) is 1.46. The molecule has 0 aliphatic heterocycles.